The third-order valence-electron chi connectivity index (χ3n) is 2.98. The van der Waals surface area contributed by atoms with Crippen molar-refractivity contribution in [2.24, 2.45) is 0 Å². The molecule has 0 aliphatic carbocycles. The summed E-state index contributed by atoms with van der Waals surface area (Å²) in [6.45, 7) is 0. The number of esters is 1. The van der Waals surface area contributed by atoms with Crippen molar-refractivity contribution in [2.75, 3.05) is 31.4 Å². The molecule has 0 radical (unpaired) electrons. The monoisotopic (exact) mass is 305 g/mol. The van der Waals surface area contributed by atoms with Crippen LogP contribution in [0, 0.1) is 0 Å². The molecule has 0 unspecified atom stereocenters. The Morgan fingerprint density at radius 2 is 2.24 bits per heavy atom. The van der Waals surface area contributed by atoms with Crippen LogP contribution in [0.15, 0.2) is 29.6 Å². The maximum Gasteiger partial charge on any atom is 0.305 e. The summed E-state index contributed by atoms with van der Waals surface area (Å²) < 4.78 is 4.63. The molecule has 2 aromatic rings. The number of hydrogen-bond donors (Lipinski definition) is 1. The van der Waals surface area contributed by atoms with E-state index in [2.05, 4.69) is 32.1 Å². The Balaban J connectivity index is 1.99. The van der Waals surface area contributed by atoms with Crippen LogP contribution in [-0.2, 0) is 16.0 Å². The van der Waals surface area contributed by atoms with Gasteiger partial charge >= 0.3 is 5.97 Å². The van der Waals surface area contributed by atoms with Crippen LogP contribution < -0.4 is 10.2 Å². The minimum Gasteiger partial charge on any atom is -0.469 e. The number of nitrogens with zero attached hydrogens (tertiary/aromatic N) is 2. The first-order chi connectivity index (χ1) is 10.1. The molecule has 0 amide bonds. The first-order valence-corrected chi connectivity index (χ1v) is 7.52. The minimum absolute atomic E-state index is 0.212. The number of anilines is 3. The van der Waals surface area contributed by atoms with Crippen LogP contribution in [0.5, 0.6) is 0 Å². The molecule has 1 aromatic heterocycles. The van der Waals surface area contributed by atoms with E-state index in [1.165, 1.54) is 18.4 Å². The van der Waals surface area contributed by atoms with Gasteiger partial charge in [0.25, 0.3) is 0 Å². The summed E-state index contributed by atoms with van der Waals surface area (Å²) in [5.74, 6) is -0.212. The second-order valence-corrected chi connectivity index (χ2v) is 5.65. The predicted octanol–water partition coefficient (Wildman–Crippen LogP) is 3.06. The number of rotatable bonds is 6. The Morgan fingerprint density at radius 3 is 2.95 bits per heavy atom. The molecule has 0 fully saturated rings. The molecule has 0 saturated heterocycles. The number of benzene rings is 1. The highest BCUT2D eigenvalue weighted by molar-refractivity contribution is 7.13. The van der Waals surface area contributed by atoms with Crippen LogP contribution in [0.2, 0.25) is 0 Å². The van der Waals surface area contributed by atoms with Crippen molar-refractivity contribution in [1.82, 2.24) is 4.98 Å². The van der Waals surface area contributed by atoms with Gasteiger partial charge in [0.05, 0.1) is 19.2 Å². The Morgan fingerprint density at radius 1 is 1.43 bits per heavy atom. The van der Waals surface area contributed by atoms with E-state index >= 15 is 0 Å². The molecule has 21 heavy (non-hydrogen) atoms. The molecule has 112 valence electrons. The van der Waals surface area contributed by atoms with Crippen LogP contribution in [0.3, 0.4) is 0 Å². The second kappa shape index (κ2) is 7.08. The Kier molecular flexibility index (Phi) is 5.16. The lowest BCUT2D eigenvalue weighted by Gasteiger charge is -2.13. The largest absolute Gasteiger partial charge is 0.469 e. The summed E-state index contributed by atoms with van der Waals surface area (Å²) in [7, 11) is 5.41. The molecular formula is C15H19N3O2S. The average molecular weight is 305 g/mol. The van der Waals surface area contributed by atoms with E-state index in [0.717, 1.165) is 22.2 Å². The van der Waals surface area contributed by atoms with Crippen LogP contribution in [0.4, 0.5) is 16.5 Å². The molecule has 1 aromatic carbocycles. The summed E-state index contributed by atoms with van der Waals surface area (Å²) in [5.41, 5.74) is 3.02. The van der Waals surface area contributed by atoms with Gasteiger partial charge in [-0.3, -0.25) is 4.79 Å². The first kappa shape index (κ1) is 15.3. The maximum absolute atomic E-state index is 11.1. The van der Waals surface area contributed by atoms with Crippen LogP contribution in [0.1, 0.15) is 12.1 Å². The molecule has 0 spiro atoms. The van der Waals surface area contributed by atoms with Crippen molar-refractivity contribution in [3.8, 4) is 0 Å². The van der Waals surface area contributed by atoms with E-state index in [1.807, 2.05) is 31.6 Å². The van der Waals surface area contributed by atoms with E-state index in [4.69, 9.17) is 0 Å². The Bertz CT molecular complexity index is 610. The van der Waals surface area contributed by atoms with Gasteiger partial charge in [0.1, 0.15) is 0 Å². The Labute approximate surface area is 128 Å². The van der Waals surface area contributed by atoms with Crippen LogP contribution in [0.25, 0.3) is 0 Å². The molecule has 0 aliphatic heterocycles. The molecule has 0 saturated carbocycles. The van der Waals surface area contributed by atoms with Gasteiger partial charge in [0.15, 0.2) is 5.13 Å². The maximum atomic E-state index is 11.1. The number of aryl methyl sites for hydroxylation is 1. The van der Waals surface area contributed by atoms with Crippen LogP contribution >= 0.6 is 11.3 Å². The van der Waals surface area contributed by atoms with E-state index in [-0.39, 0.29) is 5.97 Å². The highest BCUT2D eigenvalue weighted by Crippen LogP contribution is 2.24. The molecule has 1 N–H and O–H groups in total. The zero-order valence-corrected chi connectivity index (χ0v) is 13.2. The predicted molar refractivity (Wildman–Crippen MR) is 86.5 cm³/mol. The van der Waals surface area contributed by atoms with Crippen LogP contribution in [-0.4, -0.2) is 32.2 Å². The third kappa shape index (κ3) is 4.46. The zero-order valence-electron chi connectivity index (χ0n) is 12.4. The van der Waals surface area contributed by atoms with Gasteiger partial charge in [-0.05, 0) is 18.2 Å². The van der Waals surface area contributed by atoms with E-state index in [1.54, 1.807) is 0 Å². The number of aromatic nitrogens is 1. The fraction of sp³-hybridized carbons (Fsp3) is 0.333. The Hall–Kier alpha value is -2.08. The minimum atomic E-state index is -0.212. The van der Waals surface area contributed by atoms with Crippen molar-refractivity contribution >= 4 is 33.8 Å². The van der Waals surface area contributed by atoms with Crippen molar-refractivity contribution < 1.29 is 9.53 Å². The fourth-order valence-corrected chi connectivity index (χ4v) is 2.56. The summed E-state index contributed by atoms with van der Waals surface area (Å²) in [6, 6.07) is 8.12. The highest BCUT2D eigenvalue weighted by Gasteiger charge is 2.06. The van der Waals surface area contributed by atoms with Gasteiger partial charge in [-0.1, -0.05) is 6.07 Å². The zero-order chi connectivity index (χ0) is 15.2. The van der Waals surface area contributed by atoms with Gasteiger partial charge in [0.2, 0.25) is 0 Å². The van der Waals surface area contributed by atoms with Gasteiger partial charge in [-0.25, -0.2) is 4.98 Å². The van der Waals surface area contributed by atoms with E-state index in [0.29, 0.717) is 12.8 Å². The lowest BCUT2D eigenvalue weighted by molar-refractivity contribution is -0.140. The fourth-order valence-electron chi connectivity index (χ4n) is 1.80. The van der Waals surface area contributed by atoms with Crippen molar-refractivity contribution in [2.45, 2.75) is 12.8 Å². The van der Waals surface area contributed by atoms with Gasteiger partial charge in [-0.2, -0.15) is 0 Å². The summed E-state index contributed by atoms with van der Waals surface area (Å²) in [5, 5.41) is 6.07. The summed E-state index contributed by atoms with van der Waals surface area (Å²) in [6.07, 6.45) is 0.957. The molecule has 0 aliphatic rings. The van der Waals surface area contributed by atoms with E-state index in [9.17, 15) is 4.79 Å². The number of carbonyl (C=O) groups excluding carboxylic acids is 1. The average Bonchev–Trinajstić information content (AvgIpc) is 2.92. The van der Waals surface area contributed by atoms with Crippen molar-refractivity contribution in [3.05, 3.63) is 35.3 Å². The lowest BCUT2D eigenvalue weighted by atomic mass is 10.2. The smallest absolute Gasteiger partial charge is 0.305 e. The van der Waals surface area contributed by atoms with Gasteiger partial charge < -0.3 is 15.0 Å². The van der Waals surface area contributed by atoms with Crippen molar-refractivity contribution in [1.29, 1.82) is 0 Å². The first-order valence-electron chi connectivity index (χ1n) is 6.64. The normalized spacial score (nSPS) is 10.2. The standard InChI is InChI=1S/C15H19N3O2S/c1-18(2)13-6-4-5-11(9-13)16-15-17-12(10-21-15)7-8-14(19)20-3/h4-6,9-10H,7-8H2,1-3H3,(H,16,17). The molecule has 0 bridgehead atoms. The summed E-state index contributed by atoms with van der Waals surface area (Å²) in [4.78, 5) is 17.6. The van der Waals surface area contributed by atoms with Crippen molar-refractivity contribution in [3.63, 3.8) is 0 Å². The highest BCUT2D eigenvalue weighted by atomic mass is 32.1. The SMILES string of the molecule is COC(=O)CCc1csc(Nc2cccc(N(C)C)c2)n1. The number of ether oxygens (including phenoxy) is 1. The molecule has 1 heterocycles. The third-order valence-corrected chi connectivity index (χ3v) is 3.79. The van der Waals surface area contributed by atoms with Gasteiger partial charge in [0, 0.05) is 37.3 Å². The number of nitrogens with one attached hydrogen (secondary N) is 1. The topological polar surface area (TPSA) is 54.5 Å². The van der Waals surface area contributed by atoms with E-state index < -0.39 is 0 Å². The number of carbonyl (C=O) groups is 1. The quantitative estimate of drug-likeness (QED) is 0.831. The molecule has 2 rings (SSSR count). The lowest BCUT2D eigenvalue weighted by Crippen LogP contribution is -2.08. The molecule has 6 heteroatoms. The number of methoxy groups -OCH3 is 1. The second-order valence-electron chi connectivity index (χ2n) is 4.79. The van der Waals surface area contributed by atoms with Gasteiger partial charge in [-0.15, -0.1) is 11.3 Å². The summed E-state index contributed by atoms with van der Waals surface area (Å²) >= 11 is 1.53. The molecule has 0 atom stereocenters. The molecule has 5 nitrogen and oxygen atoms in total. The number of hydrogen-bond acceptors (Lipinski definition) is 6. The number of thiazole rings is 1. The molecular weight excluding hydrogens is 286 g/mol.